The third kappa shape index (κ3) is 8.88. The van der Waals surface area contributed by atoms with Gasteiger partial charge in [-0.1, -0.05) is 54.7 Å². The Morgan fingerprint density at radius 2 is 1.33 bits per heavy atom. The number of benzene rings is 2. The molecule has 0 bridgehead atoms. The molecule has 0 aliphatic carbocycles. The number of aliphatic hydroxyl groups excluding tert-OH is 2. The van der Waals surface area contributed by atoms with Crippen LogP contribution < -0.4 is 19.7 Å². The van der Waals surface area contributed by atoms with E-state index in [4.69, 9.17) is 9.47 Å². The number of carbonyl (C=O) groups excluding carboxylic acids is 2. The molecule has 14 heteroatoms. The van der Waals surface area contributed by atoms with Crippen molar-refractivity contribution in [3.8, 4) is 17.4 Å². The molecule has 3 atom stereocenters. The van der Waals surface area contributed by atoms with Crippen LogP contribution in [0.25, 0.3) is 0 Å². The zero-order valence-electron chi connectivity index (χ0n) is 28.5. The maximum atomic E-state index is 12.8. The van der Waals surface area contributed by atoms with E-state index in [0.29, 0.717) is 46.2 Å². The summed E-state index contributed by atoms with van der Waals surface area (Å²) < 4.78 is 11.9. The van der Waals surface area contributed by atoms with E-state index in [9.17, 15) is 29.7 Å². The van der Waals surface area contributed by atoms with Crippen LogP contribution in [-0.4, -0.2) is 59.0 Å². The SMILES string of the molecule is CCc1ccc(C(O)COc2ccc(Cc3sc(=O)n(Cc4ccc(C(O)COc5ccc(CC6(C)SC(=O)NC6=O)cc5)nc4)c3O)cc2)nc1. The van der Waals surface area contributed by atoms with Gasteiger partial charge in [0.25, 0.3) is 5.24 Å². The summed E-state index contributed by atoms with van der Waals surface area (Å²) in [6.45, 7) is 3.88. The number of rotatable bonds is 15. The summed E-state index contributed by atoms with van der Waals surface area (Å²) in [5.74, 6) is 0.681. The van der Waals surface area contributed by atoms with Gasteiger partial charge in [-0.25, -0.2) is 0 Å². The van der Waals surface area contributed by atoms with Crippen molar-refractivity contribution in [2.75, 3.05) is 13.2 Å². The number of imide groups is 1. The number of thioether (sulfide) groups is 1. The number of aromatic nitrogens is 3. The molecule has 2 aromatic carbocycles. The number of aryl methyl sites for hydroxylation is 1. The highest BCUT2D eigenvalue weighted by Crippen LogP contribution is 2.35. The molecule has 3 unspecified atom stereocenters. The lowest BCUT2D eigenvalue weighted by atomic mass is 9.99. The molecule has 6 rings (SSSR count). The molecule has 1 saturated heterocycles. The molecule has 1 aliphatic heterocycles. The zero-order chi connectivity index (χ0) is 36.8. The number of aliphatic hydroxyl groups is 2. The number of hydrogen-bond donors (Lipinski definition) is 4. The van der Waals surface area contributed by atoms with Crippen molar-refractivity contribution in [1.82, 2.24) is 19.9 Å². The van der Waals surface area contributed by atoms with Gasteiger partial charge in [0.2, 0.25) is 11.8 Å². The van der Waals surface area contributed by atoms with Gasteiger partial charge in [-0.2, -0.15) is 0 Å². The third-order valence-electron chi connectivity index (χ3n) is 8.65. The normalized spacial score (nSPS) is 16.8. The lowest BCUT2D eigenvalue weighted by Gasteiger charge is -2.18. The number of nitrogens with one attached hydrogen (secondary N) is 1. The smallest absolute Gasteiger partial charge is 0.310 e. The van der Waals surface area contributed by atoms with E-state index in [1.54, 1.807) is 61.8 Å². The molecule has 3 aromatic heterocycles. The van der Waals surface area contributed by atoms with Crippen molar-refractivity contribution < 1.29 is 34.4 Å². The molecule has 4 N–H and O–H groups in total. The van der Waals surface area contributed by atoms with Gasteiger partial charge in [0, 0.05) is 18.8 Å². The first-order valence-electron chi connectivity index (χ1n) is 16.6. The minimum atomic E-state index is -1.02. The summed E-state index contributed by atoms with van der Waals surface area (Å²) in [5.41, 5.74) is 4.42. The fourth-order valence-electron chi connectivity index (χ4n) is 5.57. The van der Waals surface area contributed by atoms with E-state index < -0.39 is 17.0 Å². The second-order valence-corrected chi connectivity index (χ2v) is 15.1. The molecule has 4 heterocycles. The zero-order valence-corrected chi connectivity index (χ0v) is 30.2. The Hall–Kier alpha value is -5.02. The molecular weight excluding hydrogens is 705 g/mol. The highest BCUT2D eigenvalue weighted by atomic mass is 32.2. The predicted octanol–water partition coefficient (Wildman–Crippen LogP) is 5.12. The largest absolute Gasteiger partial charge is 0.494 e. The van der Waals surface area contributed by atoms with Gasteiger partial charge in [-0.05, 0) is 90.2 Å². The highest BCUT2D eigenvalue weighted by molar-refractivity contribution is 8.16. The lowest BCUT2D eigenvalue weighted by molar-refractivity contribution is -0.121. The van der Waals surface area contributed by atoms with Crippen LogP contribution in [-0.2, 0) is 30.6 Å². The second-order valence-electron chi connectivity index (χ2n) is 12.6. The van der Waals surface area contributed by atoms with Crippen LogP contribution in [0.1, 0.15) is 64.6 Å². The van der Waals surface area contributed by atoms with Crippen molar-refractivity contribution >= 4 is 34.2 Å². The van der Waals surface area contributed by atoms with Gasteiger partial charge >= 0.3 is 4.87 Å². The van der Waals surface area contributed by atoms with Crippen molar-refractivity contribution in [1.29, 1.82) is 0 Å². The summed E-state index contributed by atoms with van der Waals surface area (Å²) in [6, 6.07) is 21.5. The third-order valence-corrected chi connectivity index (χ3v) is 10.7. The number of aromatic hydroxyl groups is 1. The number of carbonyl (C=O) groups is 2. The summed E-state index contributed by atoms with van der Waals surface area (Å²) in [7, 11) is 0. The molecule has 0 saturated carbocycles. The van der Waals surface area contributed by atoms with E-state index in [1.165, 1.54) is 4.57 Å². The van der Waals surface area contributed by atoms with E-state index in [0.717, 1.165) is 46.2 Å². The predicted molar refractivity (Wildman–Crippen MR) is 197 cm³/mol. The standard InChI is InChI=1S/C38H38N4O8S2/c1-3-23-8-14-29(39-18-23)31(43)21-49-27-10-4-24(5-11-27)16-33-34(45)42(37(48)51-33)20-26-9-15-30(40-19-26)32(44)22-50-28-12-6-25(7-13-28)17-38(2)35(46)41-36(47)52-38/h4-15,18-19,31-32,43-45H,3,16-17,20-22H2,1-2H3,(H,41,46,47). The summed E-state index contributed by atoms with van der Waals surface area (Å²) in [5, 5.41) is 34.0. The van der Waals surface area contributed by atoms with Crippen molar-refractivity contribution in [2.45, 2.75) is 56.6 Å². The molecule has 52 heavy (non-hydrogen) atoms. The summed E-state index contributed by atoms with van der Waals surface area (Å²) in [6.07, 6.45) is 3.02. The minimum Gasteiger partial charge on any atom is -0.494 e. The Labute approximate surface area is 308 Å². The van der Waals surface area contributed by atoms with Gasteiger partial charge in [0.05, 0.1) is 22.8 Å². The fourth-order valence-corrected chi connectivity index (χ4v) is 7.42. The molecule has 2 amide bonds. The number of hydrogen-bond acceptors (Lipinski definition) is 12. The topological polar surface area (TPSA) is 173 Å². The van der Waals surface area contributed by atoms with Crippen LogP contribution in [0.3, 0.4) is 0 Å². The number of ether oxygens (including phenoxy) is 2. The van der Waals surface area contributed by atoms with Gasteiger partial charge < -0.3 is 24.8 Å². The van der Waals surface area contributed by atoms with Gasteiger partial charge in [-0.3, -0.25) is 34.2 Å². The molecule has 1 fully saturated rings. The van der Waals surface area contributed by atoms with Crippen LogP contribution in [0, 0.1) is 0 Å². The Morgan fingerprint density at radius 1 is 0.788 bits per heavy atom. The summed E-state index contributed by atoms with van der Waals surface area (Å²) in [4.78, 5) is 45.4. The fraction of sp³-hybridized carbons (Fsp3) is 0.289. The molecule has 0 radical (unpaired) electrons. The van der Waals surface area contributed by atoms with Crippen LogP contribution in [0.4, 0.5) is 4.79 Å². The molecule has 12 nitrogen and oxygen atoms in total. The number of pyridine rings is 2. The maximum absolute atomic E-state index is 12.8. The number of amides is 2. The van der Waals surface area contributed by atoms with Gasteiger partial charge in [0.15, 0.2) is 0 Å². The van der Waals surface area contributed by atoms with E-state index in [1.807, 2.05) is 37.3 Å². The Bertz CT molecular complexity index is 2070. The first-order valence-corrected chi connectivity index (χ1v) is 18.3. The Kier molecular flexibility index (Phi) is 11.4. The van der Waals surface area contributed by atoms with Crippen LogP contribution >= 0.6 is 23.1 Å². The molecular formula is C38H38N4O8S2. The number of thiazole rings is 1. The lowest BCUT2D eigenvalue weighted by Crippen LogP contribution is -2.35. The maximum Gasteiger partial charge on any atom is 0.310 e. The molecule has 5 aromatic rings. The van der Waals surface area contributed by atoms with E-state index >= 15 is 0 Å². The highest BCUT2D eigenvalue weighted by Gasteiger charge is 2.43. The van der Waals surface area contributed by atoms with Crippen LogP contribution in [0.15, 0.2) is 90.0 Å². The van der Waals surface area contributed by atoms with Crippen LogP contribution in [0.2, 0.25) is 0 Å². The van der Waals surface area contributed by atoms with Crippen molar-refractivity contribution in [3.05, 3.63) is 133 Å². The number of nitrogens with zero attached hydrogens (tertiary/aromatic N) is 3. The monoisotopic (exact) mass is 742 g/mol. The first-order chi connectivity index (χ1) is 25.0. The van der Waals surface area contributed by atoms with Crippen molar-refractivity contribution in [3.63, 3.8) is 0 Å². The Morgan fingerprint density at radius 3 is 1.83 bits per heavy atom. The minimum absolute atomic E-state index is 0.0509. The molecule has 0 spiro atoms. The van der Waals surface area contributed by atoms with Crippen LogP contribution in [0.5, 0.6) is 17.4 Å². The summed E-state index contributed by atoms with van der Waals surface area (Å²) >= 11 is 1.95. The first kappa shape index (κ1) is 36.8. The van der Waals surface area contributed by atoms with E-state index in [-0.39, 0.29) is 41.7 Å². The molecule has 270 valence electrons. The Balaban J connectivity index is 0.983. The van der Waals surface area contributed by atoms with Gasteiger partial charge in [0.1, 0.15) is 41.7 Å². The average molecular weight is 743 g/mol. The average Bonchev–Trinajstić information content (AvgIpc) is 3.56. The van der Waals surface area contributed by atoms with Crippen molar-refractivity contribution in [2.24, 2.45) is 0 Å². The molecule has 1 aliphatic rings. The quantitative estimate of drug-likeness (QED) is 0.112. The van der Waals surface area contributed by atoms with E-state index in [2.05, 4.69) is 15.3 Å². The van der Waals surface area contributed by atoms with Gasteiger partial charge in [-0.15, -0.1) is 0 Å². The second kappa shape index (κ2) is 16.1.